The molecule has 0 fully saturated rings. The third-order valence-corrected chi connectivity index (χ3v) is 3.02. The molecule has 2 aromatic rings. The fourth-order valence-electron chi connectivity index (χ4n) is 1.91. The van der Waals surface area contributed by atoms with Crippen LogP contribution >= 0.6 is 0 Å². The largest absolute Gasteiger partial charge is 0.335 e. The molecule has 0 radical (unpaired) electrons. The molecule has 0 atom stereocenters. The highest BCUT2D eigenvalue weighted by atomic mass is 15.1. The first-order valence-corrected chi connectivity index (χ1v) is 6.48. The van der Waals surface area contributed by atoms with Gasteiger partial charge in [-0.3, -0.25) is 0 Å². The first kappa shape index (κ1) is 12.8. The van der Waals surface area contributed by atoms with Gasteiger partial charge in [-0.25, -0.2) is 9.97 Å². The predicted octanol–water partition coefficient (Wildman–Crippen LogP) is 1.24. The topological polar surface area (TPSA) is 47.7 Å². The number of imidazole rings is 2. The summed E-state index contributed by atoms with van der Waals surface area (Å²) in [6.07, 6.45) is 8.88. The minimum atomic E-state index is 0.936. The quantitative estimate of drug-likeness (QED) is 0.749. The second-order valence-corrected chi connectivity index (χ2v) is 4.37. The summed E-state index contributed by atoms with van der Waals surface area (Å²) >= 11 is 0. The van der Waals surface area contributed by atoms with Crippen LogP contribution in [0.1, 0.15) is 18.4 Å². The molecular weight excluding hydrogens is 226 g/mol. The Bertz CT molecular complexity index is 471. The third kappa shape index (κ3) is 3.43. The zero-order chi connectivity index (χ0) is 12.8. The number of hydrogen-bond donors (Lipinski definition) is 1. The Morgan fingerprint density at radius 3 is 2.89 bits per heavy atom. The van der Waals surface area contributed by atoms with Crippen molar-refractivity contribution in [1.29, 1.82) is 0 Å². The Labute approximate surface area is 108 Å². The molecule has 0 aliphatic carbocycles. The standard InChI is InChI=1S/C13H21N5/c1-3-14-5-4-13-10-17(11-16-13)8-9-18-7-6-15-12(18)2/h6-7,10-11,14H,3-5,8-9H2,1-2H3. The molecule has 1 N–H and O–H groups in total. The van der Waals surface area contributed by atoms with E-state index in [0.717, 1.165) is 44.1 Å². The molecule has 0 aromatic carbocycles. The van der Waals surface area contributed by atoms with E-state index in [-0.39, 0.29) is 0 Å². The van der Waals surface area contributed by atoms with Crippen molar-refractivity contribution < 1.29 is 0 Å². The molecule has 0 saturated carbocycles. The molecule has 5 nitrogen and oxygen atoms in total. The number of aryl methyl sites for hydroxylation is 3. The summed E-state index contributed by atoms with van der Waals surface area (Å²) in [5.74, 6) is 1.06. The summed E-state index contributed by atoms with van der Waals surface area (Å²) in [4.78, 5) is 8.62. The van der Waals surface area contributed by atoms with Crippen molar-refractivity contribution >= 4 is 0 Å². The molecule has 2 rings (SSSR count). The van der Waals surface area contributed by atoms with Crippen molar-refractivity contribution in [3.05, 3.63) is 36.4 Å². The number of nitrogens with zero attached hydrogens (tertiary/aromatic N) is 4. The second-order valence-electron chi connectivity index (χ2n) is 4.37. The fraction of sp³-hybridized carbons (Fsp3) is 0.538. The molecule has 0 unspecified atom stereocenters. The van der Waals surface area contributed by atoms with Gasteiger partial charge in [-0.2, -0.15) is 0 Å². The normalized spacial score (nSPS) is 11.0. The molecular formula is C13H21N5. The van der Waals surface area contributed by atoms with Crippen molar-refractivity contribution in [2.24, 2.45) is 0 Å². The molecule has 18 heavy (non-hydrogen) atoms. The van der Waals surface area contributed by atoms with Crippen LogP contribution in [0, 0.1) is 6.92 Å². The molecule has 5 heteroatoms. The van der Waals surface area contributed by atoms with E-state index in [1.165, 1.54) is 0 Å². The van der Waals surface area contributed by atoms with Gasteiger partial charge in [0.2, 0.25) is 0 Å². The van der Waals surface area contributed by atoms with E-state index in [1.807, 2.05) is 25.6 Å². The second kappa shape index (κ2) is 6.35. The van der Waals surface area contributed by atoms with E-state index in [9.17, 15) is 0 Å². The van der Waals surface area contributed by atoms with Crippen LogP contribution in [0.15, 0.2) is 24.9 Å². The van der Waals surface area contributed by atoms with Gasteiger partial charge in [0.1, 0.15) is 5.82 Å². The van der Waals surface area contributed by atoms with Gasteiger partial charge in [0, 0.05) is 44.6 Å². The summed E-state index contributed by atoms with van der Waals surface area (Å²) < 4.78 is 4.29. The van der Waals surface area contributed by atoms with E-state index < -0.39 is 0 Å². The van der Waals surface area contributed by atoms with Gasteiger partial charge in [-0.15, -0.1) is 0 Å². The average Bonchev–Trinajstić information content (AvgIpc) is 2.96. The Morgan fingerprint density at radius 2 is 2.17 bits per heavy atom. The van der Waals surface area contributed by atoms with E-state index >= 15 is 0 Å². The molecule has 0 spiro atoms. The molecule has 0 aliphatic heterocycles. The molecule has 0 amide bonds. The average molecular weight is 247 g/mol. The molecule has 98 valence electrons. The van der Waals surface area contributed by atoms with E-state index in [4.69, 9.17) is 0 Å². The molecule has 0 aliphatic rings. The lowest BCUT2D eigenvalue weighted by Crippen LogP contribution is -2.16. The minimum Gasteiger partial charge on any atom is -0.335 e. The Balaban J connectivity index is 1.81. The Morgan fingerprint density at radius 1 is 1.28 bits per heavy atom. The summed E-state index contributed by atoms with van der Waals surface area (Å²) in [6, 6.07) is 0. The third-order valence-electron chi connectivity index (χ3n) is 3.02. The number of rotatable bonds is 7. The number of nitrogens with one attached hydrogen (secondary N) is 1. The summed E-state index contributed by atoms with van der Waals surface area (Å²) in [7, 11) is 0. The minimum absolute atomic E-state index is 0.936. The van der Waals surface area contributed by atoms with Gasteiger partial charge >= 0.3 is 0 Å². The maximum Gasteiger partial charge on any atom is 0.105 e. The number of likely N-dealkylation sites (N-methyl/N-ethyl adjacent to an activating group) is 1. The fourth-order valence-corrected chi connectivity index (χ4v) is 1.91. The summed E-state index contributed by atoms with van der Waals surface area (Å²) in [5, 5.41) is 3.31. The maximum absolute atomic E-state index is 4.41. The van der Waals surface area contributed by atoms with Crippen molar-refractivity contribution in [3.8, 4) is 0 Å². The molecule has 2 heterocycles. The SMILES string of the molecule is CCNCCc1cn(CCn2ccnc2C)cn1. The lowest BCUT2D eigenvalue weighted by Gasteiger charge is -2.05. The Hall–Kier alpha value is -1.62. The van der Waals surface area contributed by atoms with Crippen molar-refractivity contribution in [2.75, 3.05) is 13.1 Å². The van der Waals surface area contributed by atoms with Crippen LogP contribution in [0.5, 0.6) is 0 Å². The number of aromatic nitrogens is 4. The molecule has 0 saturated heterocycles. The van der Waals surface area contributed by atoms with Crippen LogP contribution < -0.4 is 5.32 Å². The van der Waals surface area contributed by atoms with Gasteiger partial charge in [-0.05, 0) is 13.5 Å². The summed E-state index contributed by atoms with van der Waals surface area (Å²) in [5.41, 5.74) is 1.15. The maximum atomic E-state index is 4.41. The highest BCUT2D eigenvalue weighted by Crippen LogP contribution is 2.00. The smallest absolute Gasteiger partial charge is 0.105 e. The summed E-state index contributed by atoms with van der Waals surface area (Å²) in [6.45, 7) is 8.02. The first-order valence-electron chi connectivity index (χ1n) is 6.48. The first-order chi connectivity index (χ1) is 8.79. The van der Waals surface area contributed by atoms with Crippen LogP contribution in [-0.4, -0.2) is 32.2 Å². The van der Waals surface area contributed by atoms with Crippen LogP contribution in [0.25, 0.3) is 0 Å². The van der Waals surface area contributed by atoms with Gasteiger partial charge in [-0.1, -0.05) is 6.92 Å². The van der Waals surface area contributed by atoms with Gasteiger partial charge in [0.05, 0.1) is 12.0 Å². The van der Waals surface area contributed by atoms with Crippen LogP contribution in [0.4, 0.5) is 0 Å². The Kier molecular flexibility index (Phi) is 4.52. The highest BCUT2D eigenvalue weighted by Gasteiger charge is 2.00. The van der Waals surface area contributed by atoms with Crippen molar-refractivity contribution in [1.82, 2.24) is 24.4 Å². The van der Waals surface area contributed by atoms with Crippen LogP contribution in [0.2, 0.25) is 0 Å². The van der Waals surface area contributed by atoms with E-state index in [2.05, 4.69) is 37.5 Å². The monoisotopic (exact) mass is 247 g/mol. The molecule has 2 aromatic heterocycles. The van der Waals surface area contributed by atoms with Crippen LogP contribution in [0.3, 0.4) is 0 Å². The zero-order valence-electron chi connectivity index (χ0n) is 11.1. The lowest BCUT2D eigenvalue weighted by molar-refractivity contribution is 0.567. The van der Waals surface area contributed by atoms with Gasteiger partial charge < -0.3 is 14.5 Å². The van der Waals surface area contributed by atoms with Gasteiger partial charge in [0.25, 0.3) is 0 Å². The highest BCUT2D eigenvalue weighted by molar-refractivity contribution is 4.97. The van der Waals surface area contributed by atoms with Crippen LogP contribution in [-0.2, 0) is 19.5 Å². The zero-order valence-corrected chi connectivity index (χ0v) is 11.1. The van der Waals surface area contributed by atoms with E-state index in [1.54, 1.807) is 0 Å². The van der Waals surface area contributed by atoms with Crippen molar-refractivity contribution in [2.45, 2.75) is 33.4 Å². The van der Waals surface area contributed by atoms with E-state index in [0.29, 0.717) is 0 Å². The van der Waals surface area contributed by atoms with Crippen molar-refractivity contribution in [3.63, 3.8) is 0 Å². The molecule has 0 bridgehead atoms. The number of hydrogen-bond acceptors (Lipinski definition) is 3. The predicted molar refractivity (Wildman–Crippen MR) is 71.4 cm³/mol. The lowest BCUT2D eigenvalue weighted by atomic mass is 10.3. The van der Waals surface area contributed by atoms with Gasteiger partial charge in [0.15, 0.2) is 0 Å².